The molecule has 0 spiro atoms. The van der Waals surface area contributed by atoms with E-state index in [9.17, 15) is 9.59 Å². The summed E-state index contributed by atoms with van der Waals surface area (Å²) >= 11 is 0. The van der Waals surface area contributed by atoms with Crippen LogP contribution >= 0.6 is 0 Å². The Hall–Kier alpha value is -1.08. The molecule has 0 saturated carbocycles. The van der Waals surface area contributed by atoms with Gasteiger partial charge in [-0.2, -0.15) is 0 Å². The van der Waals surface area contributed by atoms with Crippen LogP contribution in [0.2, 0.25) is 18.1 Å². The van der Waals surface area contributed by atoms with E-state index in [2.05, 4.69) is 33.9 Å². The van der Waals surface area contributed by atoms with Crippen LogP contribution < -0.4 is 0 Å². The summed E-state index contributed by atoms with van der Waals surface area (Å²) in [6.07, 6.45) is -0.195. The SMILES string of the molecule is CC1OC(=O)C[C@H]2[C@@H]1CN(C(=O)OC(C)(C)C)[C@@H]2CO[Si](C)(C)C(C)(C)C. The molecule has 1 amide bonds. The average Bonchev–Trinajstić information content (AvgIpc) is 2.81. The van der Waals surface area contributed by atoms with Crippen LogP contribution in [0.25, 0.3) is 0 Å². The maximum absolute atomic E-state index is 12.9. The molecule has 0 bridgehead atoms. The first-order valence-electron chi connectivity index (χ1n) is 9.95. The Morgan fingerprint density at radius 3 is 2.30 bits per heavy atom. The first-order chi connectivity index (χ1) is 12.1. The molecule has 0 radical (unpaired) electrons. The summed E-state index contributed by atoms with van der Waals surface area (Å²) in [5.41, 5.74) is -0.562. The number of rotatable bonds is 3. The van der Waals surface area contributed by atoms with Crippen molar-refractivity contribution in [2.24, 2.45) is 11.8 Å². The summed E-state index contributed by atoms with van der Waals surface area (Å²) < 4.78 is 17.5. The van der Waals surface area contributed by atoms with Crippen LogP contribution in [0.15, 0.2) is 0 Å². The molecule has 7 heteroatoms. The van der Waals surface area contributed by atoms with Gasteiger partial charge in [0.15, 0.2) is 8.32 Å². The van der Waals surface area contributed by atoms with E-state index < -0.39 is 13.9 Å². The molecule has 6 nitrogen and oxygen atoms in total. The van der Waals surface area contributed by atoms with E-state index in [1.54, 1.807) is 4.90 Å². The fraction of sp³-hybridized carbons (Fsp3) is 0.900. The Morgan fingerprint density at radius 2 is 1.78 bits per heavy atom. The second-order valence-corrected chi connectivity index (χ2v) is 15.3. The molecule has 0 aromatic carbocycles. The summed E-state index contributed by atoms with van der Waals surface area (Å²) in [5, 5.41) is 0.0839. The van der Waals surface area contributed by atoms with Crippen LogP contribution in [0.3, 0.4) is 0 Å². The number of carbonyl (C=O) groups excluding carboxylic acids is 2. The third kappa shape index (κ3) is 5.05. The van der Waals surface area contributed by atoms with Crippen molar-refractivity contribution in [2.75, 3.05) is 13.2 Å². The number of hydrogen-bond donors (Lipinski definition) is 0. The second-order valence-electron chi connectivity index (χ2n) is 10.5. The van der Waals surface area contributed by atoms with Crippen molar-refractivity contribution in [3.63, 3.8) is 0 Å². The number of hydrogen-bond acceptors (Lipinski definition) is 5. The first kappa shape index (κ1) is 22.2. The summed E-state index contributed by atoms with van der Waals surface area (Å²) in [4.78, 5) is 26.7. The van der Waals surface area contributed by atoms with E-state index >= 15 is 0 Å². The highest BCUT2D eigenvalue weighted by Gasteiger charge is 2.52. The average molecular weight is 400 g/mol. The van der Waals surface area contributed by atoms with Gasteiger partial charge in [0, 0.05) is 18.4 Å². The molecule has 2 aliphatic heterocycles. The van der Waals surface area contributed by atoms with Gasteiger partial charge in [-0.05, 0) is 45.8 Å². The maximum Gasteiger partial charge on any atom is 0.410 e. The lowest BCUT2D eigenvalue weighted by Gasteiger charge is -2.39. The van der Waals surface area contributed by atoms with Gasteiger partial charge in [0.1, 0.15) is 11.7 Å². The number of amides is 1. The van der Waals surface area contributed by atoms with Gasteiger partial charge < -0.3 is 18.8 Å². The summed E-state index contributed by atoms with van der Waals surface area (Å²) in [7, 11) is -1.97. The number of esters is 1. The monoisotopic (exact) mass is 399 g/mol. The third-order valence-electron chi connectivity index (χ3n) is 6.22. The van der Waals surface area contributed by atoms with E-state index in [4.69, 9.17) is 13.9 Å². The number of ether oxygens (including phenoxy) is 2. The van der Waals surface area contributed by atoms with Crippen LogP contribution in [0.5, 0.6) is 0 Å². The largest absolute Gasteiger partial charge is 0.462 e. The fourth-order valence-corrected chi connectivity index (χ4v) is 4.61. The van der Waals surface area contributed by atoms with Crippen molar-refractivity contribution in [3.05, 3.63) is 0 Å². The summed E-state index contributed by atoms with van der Waals surface area (Å²) in [5.74, 6) is -0.00566. The van der Waals surface area contributed by atoms with Crippen molar-refractivity contribution in [3.8, 4) is 0 Å². The number of likely N-dealkylation sites (tertiary alicyclic amines) is 1. The van der Waals surface area contributed by atoms with Gasteiger partial charge in [-0.25, -0.2) is 4.79 Å². The number of carbonyl (C=O) groups is 2. The van der Waals surface area contributed by atoms with Crippen molar-refractivity contribution in [1.29, 1.82) is 0 Å². The van der Waals surface area contributed by atoms with E-state index in [0.717, 1.165) is 0 Å². The Morgan fingerprint density at radius 1 is 1.19 bits per heavy atom. The topological polar surface area (TPSA) is 65.1 Å². The molecule has 2 rings (SSSR count). The molecule has 0 N–H and O–H groups in total. The Balaban J connectivity index is 2.23. The highest BCUT2D eigenvalue weighted by Crippen LogP contribution is 2.42. The highest BCUT2D eigenvalue weighted by atomic mass is 28.4. The smallest absolute Gasteiger partial charge is 0.410 e. The van der Waals surface area contributed by atoms with Crippen LogP contribution in [0.1, 0.15) is 54.9 Å². The molecule has 2 saturated heterocycles. The lowest BCUT2D eigenvalue weighted by atomic mass is 9.83. The molecule has 2 fully saturated rings. The minimum Gasteiger partial charge on any atom is -0.462 e. The summed E-state index contributed by atoms with van der Waals surface area (Å²) in [6, 6.07) is -0.158. The van der Waals surface area contributed by atoms with Crippen molar-refractivity contribution < 1.29 is 23.5 Å². The standard InChI is InChI=1S/C20H37NO5Si/c1-13-15-11-21(18(23)26-19(2,3)4)16(14(15)10-17(22)25-13)12-24-27(8,9)20(5,6)7/h13-16H,10-12H2,1-9H3/t13?,14-,15+,16+/m0/s1. The molecule has 4 atom stereocenters. The van der Waals surface area contributed by atoms with E-state index in [1.807, 2.05) is 27.7 Å². The van der Waals surface area contributed by atoms with Crippen molar-refractivity contribution in [1.82, 2.24) is 4.90 Å². The van der Waals surface area contributed by atoms with Crippen LogP contribution in [0.4, 0.5) is 4.79 Å². The van der Waals surface area contributed by atoms with Crippen molar-refractivity contribution in [2.45, 2.75) is 90.8 Å². The molecule has 0 aromatic rings. The molecule has 0 aromatic heterocycles. The predicted molar refractivity (Wildman–Crippen MR) is 107 cm³/mol. The molecule has 1 unspecified atom stereocenters. The van der Waals surface area contributed by atoms with Gasteiger partial charge in [-0.3, -0.25) is 4.79 Å². The zero-order valence-corrected chi connectivity index (χ0v) is 19.4. The summed E-state index contributed by atoms with van der Waals surface area (Å²) in [6.45, 7) is 19.5. The Labute approximate surface area is 165 Å². The maximum atomic E-state index is 12.9. The van der Waals surface area contributed by atoms with Gasteiger partial charge in [0.05, 0.1) is 19.1 Å². The lowest BCUT2D eigenvalue weighted by molar-refractivity contribution is -0.160. The molecular formula is C20H37NO5Si. The lowest BCUT2D eigenvalue weighted by Crippen LogP contribution is -2.49. The van der Waals surface area contributed by atoms with E-state index in [0.29, 0.717) is 19.6 Å². The fourth-order valence-electron chi connectivity index (χ4n) is 3.59. The number of cyclic esters (lactones) is 1. The van der Waals surface area contributed by atoms with Crippen LogP contribution in [-0.4, -0.2) is 56.2 Å². The van der Waals surface area contributed by atoms with E-state index in [1.165, 1.54) is 0 Å². The molecule has 27 heavy (non-hydrogen) atoms. The molecular weight excluding hydrogens is 362 g/mol. The zero-order chi connectivity index (χ0) is 20.8. The number of nitrogens with zero attached hydrogens (tertiary/aromatic N) is 1. The van der Waals surface area contributed by atoms with Gasteiger partial charge in [0.2, 0.25) is 0 Å². The molecule has 156 valence electrons. The Kier molecular flexibility index (Phi) is 6.08. The third-order valence-corrected chi connectivity index (χ3v) is 10.7. The highest BCUT2D eigenvalue weighted by molar-refractivity contribution is 6.74. The first-order valence-corrected chi connectivity index (χ1v) is 12.9. The van der Waals surface area contributed by atoms with Gasteiger partial charge in [0.25, 0.3) is 0 Å². The minimum atomic E-state index is -1.97. The molecule has 2 heterocycles. The quantitative estimate of drug-likeness (QED) is 0.526. The predicted octanol–water partition coefficient (Wildman–Crippen LogP) is 4.20. The minimum absolute atomic E-state index is 0.0542. The zero-order valence-electron chi connectivity index (χ0n) is 18.4. The van der Waals surface area contributed by atoms with Gasteiger partial charge >= 0.3 is 12.1 Å². The number of fused-ring (bicyclic) bond motifs is 1. The molecule has 2 aliphatic rings. The van der Waals surface area contributed by atoms with Crippen LogP contribution in [-0.2, 0) is 18.7 Å². The van der Waals surface area contributed by atoms with Crippen molar-refractivity contribution >= 4 is 20.4 Å². The molecule has 0 aliphatic carbocycles. The Bertz CT molecular complexity index is 578. The van der Waals surface area contributed by atoms with Gasteiger partial charge in [-0.15, -0.1) is 0 Å². The normalized spacial score (nSPS) is 29.4. The van der Waals surface area contributed by atoms with E-state index in [-0.39, 0.29) is 41.1 Å². The van der Waals surface area contributed by atoms with Crippen LogP contribution in [0, 0.1) is 11.8 Å². The van der Waals surface area contributed by atoms with Gasteiger partial charge in [-0.1, -0.05) is 20.8 Å². The second kappa shape index (κ2) is 7.39.